The molecule has 0 radical (unpaired) electrons. The average molecular weight is 320 g/mol. The lowest BCUT2D eigenvalue weighted by atomic mass is 9.95. The summed E-state index contributed by atoms with van der Waals surface area (Å²) in [7, 11) is 0. The number of piperidine rings is 1. The number of carbonyl (C=O) groups is 2. The number of hydrogen-bond donors (Lipinski definition) is 1. The Kier molecular flexibility index (Phi) is 6.13. The molecule has 23 heavy (non-hydrogen) atoms. The third-order valence-corrected chi connectivity index (χ3v) is 4.30. The predicted molar refractivity (Wildman–Crippen MR) is 87.3 cm³/mol. The summed E-state index contributed by atoms with van der Waals surface area (Å²) < 4.78 is 12.8. The molecule has 0 spiro atoms. The van der Waals surface area contributed by atoms with Crippen LogP contribution in [-0.4, -0.2) is 36.3 Å². The zero-order chi connectivity index (χ0) is 16.8. The Labute approximate surface area is 137 Å². The van der Waals surface area contributed by atoms with Gasteiger partial charge in [-0.25, -0.2) is 4.39 Å². The third-order valence-electron chi connectivity index (χ3n) is 4.30. The van der Waals surface area contributed by atoms with E-state index in [0.29, 0.717) is 26.1 Å². The summed E-state index contributed by atoms with van der Waals surface area (Å²) in [5.74, 6) is -0.0278. The monoisotopic (exact) mass is 320 g/mol. The summed E-state index contributed by atoms with van der Waals surface area (Å²) in [6, 6.07) is 6.33. The van der Waals surface area contributed by atoms with Crippen molar-refractivity contribution in [3.8, 4) is 0 Å². The van der Waals surface area contributed by atoms with Crippen molar-refractivity contribution in [3.63, 3.8) is 0 Å². The molecule has 0 atom stereocenters. The van der Waals surface area contributed by atoms with E-state index in [9.17, 15) is 14.0 Å². The highest BCUT2D eigenvalue weighted by Crippen LogP contribution is 2.19. The maximum Gasteiger partial charge on any atom is 0.225 e. The van der Waals surface area contributed by atoms with Crippen LogP contribution in [0.1, 0.15) is 32.3 Å². The standard InChI is InChI=1S/C18H25FN2O2/c1-13(2)18(23)21-11-8-15(9-12-21)17(22)20-10-7-14-3-5-16(19)6-4-14/h3-6,13,15H,7-12H2,1-2H3,(H,20,22). The lowest BCUT2D eigenvalue weighted by molar-refractivity contribution is -0.138. The minimum absolute atomic E-state index is 0.0103. The SMILES string of the molecule is CC(C)C(=O)N1CCC(C(=O)NCCc2ccc(F)cc2)CC1. The van der Waals surface area contributed by atoms with Crippen LogP contribution in [0.15, 0.2) is 24.3 Å². The van der Waals surface area contributed by atoms with E-state index < -0.39 is 0 Å². The Morgan fingerprint density at radius 1 is 1.22 bits per heavy atom. The molecule has 1 N–H and O–H groups in total. The molecule has 0 unspecified atom stereocenters. The second-order valence-corrected chi connectivity index (χ2v) is 6.42. The first kappa shape index (κ1) is 17.4. The number of rotatable bonds is 5. The lowest BCUT2D eigenvalue weighted by Crippen LogP contribution is -2.44. The maximum atomic E-state index is 12.8. The fourth-order valence-electron chi connectivity index (χ4n) is 2.85. The summed E-state index contributed by atoms with van der Waals surface area (Å²) in [4.78, 5) is 26.0. The average Bonchev–Trinajstić information content (AvgIpc) is 2.56. The molecular formula is C18H25FN2O2. The van der Waals surface area contributed by atoms with Gasteiger partial charge in [0, 0.05) is 31.5 Å². The molecule has 2 rings (SSSR count). The topological polar surface area (TPSA) is 49.4 Å². The zero-order valence-electron chi connectivity index (χ0n) is 13.8. The number of benzene rings is 1. The van der Waals surface area contributed by atoms with Crippen LogP contribution in [0, 0.1) is 17.7 Å². The summed E-state index contributed by atoms with van der Waals surface area (Å²) in [5.41, 5.74) is 1.00. The first-order chi connectivity index (χ1) is 11.0. The van der Waals surface area contributed by atoms with E-state index in [1.54, 1.807) is 12.1 Å². The van der Waals surface area contributed by atoms with Crippen LogP contribution in [0.25, 0.3) is 0 Å². The van der Waals surface area contributed by atoms with Crippen LogP contribution in [0.5, 0.6) is 0 Å². The van der Waals surface area contributed by atoms with Crippen LogP contribution in [-0.2, 0) is 16.0 Å². The number of hydrogen-bond acceptors (Lipinski definition) is 2. The van der Waals surface area contributed by atoms with Gasteiger partial charge >= 0.3 is 0 Å². The van der Waals surface area contributed by atoms with Crippen molar-refractivity contribution >= 4 is 11.8 Å². The lowest BCUT2D eigenvalue weighted by Gasteiger charge is -2.32. The van der Waals surface area contributed by atoms with Gasteiger partial charge in [-0.1, -0.05) is 26.0 Å². The molecule has 1 aromatic carbocycles. The minimum atomic E-state index is -0.250. The Morgan fingerprint density at radius 2 is 1.83 bits per heavy atom. The van der Waals surface area contributed by atoms with Crippen molar-refractivity contribution in [1.82, 2.24) is 10.2 Å². The number of carbonyl (C=O) groups excluding carboxylic acids is 2. The molecule has 126 valence electrons. The van der Waals surface area contributed by atoms with Crippen LogP contribution >= 0.6 is 0 Å². The second kappa shape index (κ2) is 8.09. The van der Waals surface area contributed by atoms with E-state index in [4.69, 9.17) is 0 Å². The fraction of sp³-hybridized carbons (Fsp3) is 0.556. The molecule has 5 heteroatoms. The van der Waals surface area contributed by atoms with Gasteiger partial charge < -0.3 is 10.2 Å². The largest absolute Gasteiger partial charge is 0.356 e. The normalized spacial score (nSPS) is 15.7. The molecule has 0 aromatic heterocycles. The highest BCUT2D eigenvalue weighted by molar-refractivity contribution is 5.80. The van der Waals surface area contributed by atoms with E-state index >= 15 is 0 Å². The van der Waals surface area contributed by atoms with Gasteiger partial charge in [0.1, 0.15) is 5.82 Å². The number of nitrogens with zero attached hydrogens (tertiary/aromatic N) is 1. The Bertz CT molecular complexity index is 534. The van der Waals surface area contributed by atoms with Crippen molar-refractivity contribution < 1.29 is 14.0 Å². The number of amides is 2. The Hall–Kier alpha value is -1.91. The fourth-order valence-corrected chi connectivity index (χ4v) is 2.85. The van der Waals surface area contributed by atoms with Gasteiger partial charge in [-0.15, -0.1) is 0 Å². The van der Waals surface area contributed by atoms with Crippen LogP contribution in [0.4, 0.5) is 4.39 Å². The van der Waals surface area contributed by atoms with Gasteiger partial charge in [-0.3, -0.25) is 9.59 Å². The molecule has 4 nitrogen and oxygen atoms in total. The van der Waals surface area contributed by atoms with Gasteiger partial charge in [0.05, 0.1) is 0 Å². The van der Waals surface area contributed by atoms with E-state index in [1.165, 1.54) is 12.1 Å². The maximum absolute atomic E-state index is 12.8. The molecular weight excluding hydrogens is 295 g/mol. The van der Waals surface area contributed by atoms with Gasteiger partial charge in [0.15, 0.2) is 0 Å². The number of likely N-dealkylation sites (tertiary alicyclic amines) is 1. The van der Waals surface area contributed by atoms with Gasteiger partial charge in [0.25, 0.3) is 0 Å². The summed E-state index contributed by atoms with van der Waals surface area (Å²) in [5, 5.41) is 2.95. The van der Waals surface area contributed by atoms with Crippen molar-refractivity contribution in [2.24, 2.45) is 11.8 Å². The van der Waals surface area contributed by atoms with E-state index in [-0.39, 0.29) is 29.5 Å². The number of halogens is 1. The van der Waals surface area contributed by atoms with Gasteiger partial charge in [0.2, 0.25) is 11.8 Å². The smallest absolute Gasteiger partial charge is 0.225 e. The molecule has 1 aromatic rings. The van der Waals surface area contributed by atoms with Gasteiger partial charge in [-0.2, -0.15) is 0 Å². The molecule has 2 amide bonds. The molecule has 1 aliphatic heterocycles. The molecule has 1 heterocycles. The van der Waals surface area contributed by atoms with E-state index in [1.807, 2.05) is 18.7 Å². The van der Waals surface area contributed by atoms with Gasteiger partial charge in [-0.05, 0) is 37.0 Å². The second-order valence-electron chi connectivity index (χ2n) is 6.42. The zero-order valence-corrected chi connectivity index (χ0v) is 13.8. The van der Waals surface area contributed by atoms with Crippen LogP contribution in [0.2, 0.25) is 0 Å². The Morgan fingerprint density at radius 3 is 2.39 bits per heavy atom. The summed E-state index contributed by atoms with van der Waals surface area (Å²) in [6.45, 7) is 5.67. The molecule has 0 bridgehead atoms. The van der Waals surface area contributed by atoms with Crippen molar-refractivity contribution in [2.45, 2.75) is 33.1 Å². The summed E-state index contributed by atoms with van der Waals surface area (Å²) >= 11 is 0. The van der Waals surface area contributed by atoms with Crippen LogP contribution in [0.3, 0.4) is 0 Å². The third kappa shape index (κ3) is 5.05. The highest BCUT2D eigenvalue weighted by atomic mass is 19.1. The molecule has 1 fully saturated rings. The van der Waals surface area contributed by atoms with E-state index in [2.05, 4.69) is 5.32 Å². The van der Waals surface area contributed by atoms with Crippen molar-refractivity contribution in [3.05, 3.63) is 35.6 Å². The van der Waals surface area contributed by atoms with Crippen LogP contribution < -0.4 is 5.32 Å². The molecule has 0 aliphatic carbocycles. The molecule has 1 aliphatic rings. The minimum Gasteiger partial charge on any atom is -0.356 e. The predicted octanol–water partition coefficient (Wildman–Crippen LogP) is 2.38. The Balaban J connectivity index is 1.71. The van der Waals surface area contributed by atoms with Crippen molar-refractivity contribution in [1.29, 1.82) is 0 Å². The molecule has 0 saturated carbocycles. The summed E-state index contributed by atoms with van der Waals surface area (Å²) in [6.07, 6.45) is 2.14. The first-order valence-corrected chi connectivity index (χ1v) is 8.28. The quantitative estimate of drug-likeness (QED) is 0.905. The number of nitrogens with one attached hydrogen (secondary N) is 1. The van der Waals surface area contributed by atoms with E-state index in [0.717, 1.165) is 18.4 Å². The highest BCUT2D eigenvalue weighted by Gasteiger charge is 2.27. The molecule has 1 saturated heterocycles. The van der Waals surface area contributed by atoms with Crippen molar-refractivity contribution in [2.75, 3.05) is 19.6 Å². The first-order valence-electron chi connectivity index (χ1n) is 8.28.